The summed E-state index contributed by atoms with van der Waals surface area (Å²) in [7, 11) is 0. The quantitative estimate of drug-likeness (QED) is 0.564. The first-order valence-electron chi connectivity index (χ1n) is 8.93. The van der Waals surface area contributed by atoms with Crippen LogP contribution in [0.5, 0.6) is 0 Å². The summed E-state index contributed by atoms with van der Waals surface area (Å²) >= 11 is 7.88. The Balaban J connectivity index is 1.56. The summed E-state index contributed by atoms with van der Waals surface area (Å²) in [5.41, 5.74) is 2.32. The van der Waals surface area contributed by atoms with E-state index in [1.54, 1.807) is 11.8 Å². The Morgan fingerprint density at radius 3 is 2.69 bits per heavy atom. The number of carbonyl (C=O) groups excluding carboxylic acids is 1. The number of likely N-dealkylation sites (tertiary alicyclic amines) is 1. The molecule has 1 aliphatic rings. The van der Waals surface area contributed by atoms with Crippen LogP contribution in [0.2, 0.25) is 5.02 Å². The Hall–Kier alpha value is -1.91. The van der Waals surface area contributed by atoms with Crippen molar-refractivity contribution in [2.24, 2.45) is 0 Å². The predicted octanol–water partition coefficient (Wildman–Crippen LogP) is 5.21. The van der Waals surface area contributed by atoms with Gasteiger partial charge in [0.05, 0.1) is 0 Å². The zero-order valence-corrected chi connectivity index (χ0v) is 16.1. The van der Waals surface area contributed by atoms with Crippen LogP contribution >= 0.6 is 23.4 Å². The summed E-state index contributed by atoms with van der Waals surface area (Å²) in [5, 5.41) is 1.97. The standard InChI is InChI=1S/C21H21ClN2OS/c22-17-7-5-6-16(12-17)15-26-20-13-24(19-9-2-1-8-18(19)20)14-21(25)23-10-3-4-11-23/h1-2,5-9,12-13H,3-4,10-11,14-15H2. The van der Waals surface area contributed by atoms with Crippen LogP contribution in [0.1, 0.15) is 18.4 Å². The SMILES string of the molecule is O=C(Cn1cc(SCc2cccc(Cl)c2)c2ccccc21)N1CCCC1. The molecule has 3 nitrogen and oxygen atoms in total. The highest BCUT2D eigenvalue weighted by atomic mass is 35.5. The molecule has 1 aliphatic heterocycles. The molecule has 2 aromatic carbocycles. The molecule has 1 aromatic heterocycles. The van der Waals surface area contributed by atoms with Gasteiger partial charge in [0, 0.05) is 45.9 Å². The topological polar surface area (TPSA) is 25.2 Å². The summed E-state index contributed by atoms with van der Waals surface area (Å²) in [4.78, 5) is 15.8. The maximum Gasteiger partial charge on any atom is 0.242 e. The molecule has 0 N–H and O–H groups in total. The van der Waals surface area contributed by atoms with Gasteiger partial charge in [0.1, 0.15) is 6.54 Å². The van der Waals surface area contributed by atoms with E-state index in [1.807, 2.05) is 29.2 Å². The smallest absolute Gasteiger partial charge is 0.242 e. The number of aromatic nitrogens is 1. The van der Waals surface area contributed by atoms with E-state index in [4.69, 9.17) is 11.6 Å². The fraction of sp³-hybridized carbons (Fsp3) is 0.286. The van der Waals surface area contributed by atoms with E-state index in [-0.39, 0.29) is 5.91 Å². The molecule has 26 heavy (non-hydrogen) atoms. The van der Waals surface area contributed by atoms with E-state index in [2.05, 4.69) is 35.0 Å². The Labute approximate surface area is 162 Å². The second kappa shape index (κ2) is 7.77. The van der Waals surface area contributed by atoms with Crippen molar-refractivity contribution in [3.63, 3.8) is 0 Å². The zero-order chi connectivity index (χ0) is 17.9. The number of benzene rings is 2. The number of rotatable bonds is 5. The minimum absolute atomic E-state index is 0.217. The molecule has 0 radical (unpaired) electrons. The summed E-state index contributed by atoms with van der Waals surface area (Å²) in [6, 6.07) is 16.3. The molecule has 4 rings (SSSR count). The third-order valence-corrected chi connectivity index (χ3v) is 6.15. The maximum atomic E-state index is 12.6. The number of carbonyl (C=O) groups is 1. The van der Waals surface area contributed by atoms with Gasteiger partial charge in [-0.25, -0.2) is 0 Å². The Kier molecular flexibility index (Phi) is 5.23. The number of hydrogen-bond acceptors (Lipinski definition) is 2. The first-order valence-corrected chi connectivity index (χ1v) is 10.3. The van der Waals surface area contributed by atoms with Crippen molar-refractivity contribution < 1.29 is 4.79 Å². The molecule has 1 saturated heterocycles. The zero-order valence-electron chi connectivity index (χ0n) is 14.5. The lowest BCUT2D eigenvalue weighted by Gasteiger charge is -2.15. The van der Waals surface area contributed by atoms with Gasteiger partial charge in [-0.15, -0.1) is 11.8 Å². The molecule has 2 heterocycles. The van der Waals surface area contributed by atoms with Gasteiger partial charge in [-0.1, -0.05) is 41.9 Å². The van der Waals surface area contributed by atoms with Crippen LogP contribution in [0, 0.1) is 0 Å². The Morgan fingerprint density at radius 2 is 1.88 bits per heavy atom. The minimum atomic E-state index is 0.217. The van der Waals surface area contributed by atoms with Crippen LogP contribution in [0.25, 0.3) is 10.9 Å². The molecular formula is C21H21ClN2OS. The molecule has 0 bridgehead atoms. The molecule has 5 heteroatoms. The van der Waals surface area contributed by atoms with Crippen LogP contribution in [0.4, 0.5) is 0 Å². The summed E-state index contributed by atoms with van der Waals surface area (Å²) in [6.45, 7) is 2.21. The first-order chi connectivity index (χ1) is 12.7. The molecule has 1 fully saturated rings. The third kappa shape index (κ3) is 3.76. The van der Waals surface area contributed by atoms with Crippen LogP contribution < -0.4 is 0 Å². The molecule has 1 amide bonds. The van der Waals surface area contributed by atoms with Crippen molar-refractivity contribution in [2.45, 2.75) is 30.0 Å². The van der Waals surface area contributed by atoms with Crippen molar-refractivity contribution in [1.29, 1.82) is 0 Å². The van der Waals surface area contributed by atoms with Gasteiger partial charge in [-0.2, -0.15) is 0 Å². The van der Waals surface area contributed by atoms with Crippen molar-refractivity contribution >= 4 is 40.2 Å². The van der Waals surface area contributed by atoms with Crippen LogP contribution in [-0.2, 0) is 17.1 Å². The Morgan fingerprint density at radius 1 is 1.08 bits per heavy atom. The number of thioether (sulfide) groups is 1. The summed E-state index contributed by atoms with van der Waals surface area (Å²) < 4.78 is 2.09. The van der Waals surface area contributed by atoms with Crippen molar-refractivity contribution in [3.8, 4) is 0 Å². The van der Waals surface area contributed by atoms with Crippen molar-refractivity contribution in [1.82, 2.24) is 9.47 Å². The average Bonchev–Trinajstić information content (AvgIpc) is 3.29. The summed E-state index contributed by atoms with van der Waals surface area (Å²) in [5.74, 6) is 1.07. The highest BCUT2D eigenvalue weighted by Crippen LogP contribution is 2.32. The predicted molar refractivity (Wildman–Crippen MR) is 109 cm³/mol. The monoisotopic (exact) mass is 384 g/mol. The highest BCUT2D eigenvalue weighted by Gasteiger charge is 2.19. The number of hydrogen-bond donors (Lipinski definition) is 0. The number of nitrogens with zero attached hydrogens (tertiary/aromatic N) is 2. The minimum Gasteiger partial charge on any atom is -0.341 e. The second-order valence-electron chi connectivity index (χ2n) is 6.64. The normalized spacial score (nSPS) is 14.3. The second-order valence-corrected chi connectivity index (χ2v) is 8.10. The number of para-hydroxylation sites is 1. The van der Waals surface area contributed by atoms with E-state index in [9.17, 15) is 4.79 Å². The number of halogens is 1. The van der Waals surface area contributed by atoms with Gasteiger partial charge in [0.15, 0.2) is 0 Å². The molecular weight excluding hydrogens is 364 g/mol. The van der Waals surface area contributed by atoms with E-state index < -0.39 is 0 Å². The number of fused-ring (bicyclic) bond motifs is 1. The van der Waals surface area contributed by atoms with Crippen LogP contribution in [0.3, 0.4) is 0 Å². The average molecular weight is 385 g/mol. The maximum absolute atomic E-state index is 12.6. The van der Waals surface area contributed by atoms with E-state index >= 15 is 0 Å². The van der Waals surface area contributed by atoms with Crippen LogP contribution in [0.15, 0.2) is 59.6 Å². The van der Waals surface area contributed by atoms with Crippen molar-refractivity contribution in [3.05, 3.63) is 65.3 Å². The molecule has 3 aromatic rings. The number of amides is 1. The molecule has 0 aliphatic carbocycles. The first kappa shape index (κ1) is 17.5. The fourth-order valence-electron chi connectivity index (χ4n) is 3.46. The molecule has 0 unspecified atom stereocenters. The third-order valence-electron chi connectivity index (χ3n) is 4.80. The van der Waals surface area contributed by atoms with Crippen molar-refractivity contribution in [2.75, 3.05) is 13.1 Å². The molecule has 0 saturated carbocycles. The lowest BCUT2D eigenvalue weighted by molar-refractivity contribution is -0.130. The van der Waals surface area contributed by atoms with E-state index in [0.717, 1.165) is 42.2 Å². The molecule has 0 spiro atoms. The van der Waals surface area contributed by atoms with E-state index in [1.165, 1.54) is 15.8 Å². The van der Waals surface area contributed by atoms with Crippen LogP contribution in [-0.4, -0.2) is 28.5 Å². The van der Waals surface area contributed by atoms with Gasteiger partial charge >= 0.3 is 0 Å². The van der Waals surface area contributed by atoms with Gasteiger partial charge in [-0.3, -0.25) is 4.79 Å². The molecule has 134 valence electrons. The van der Waals surface area contributed by atoms with Gasteiger partial charge in [0.2, 0.25) is 5.91 Å². The Bertz CT molecular complexity index is 931. The van der Waals surface area contributed by atoms with Gasteiger partial charge < -0.3 is 9.47 Å². The molecule has 0 atom stereocenters. The van der Waals surface area contributed by atoms with Gasteiger partial charge in [-0.05, 0) is 36.6 Å². The van der Waals surface area contributed by atoms with E-state index in [0.29, 0.717) is 6.54 Å². The lowest BCUT2D eigenvalue weighted by atomic mass is 10.2. The lowest BCUT2D eigenvalue weighted by Crippen LogP contribution is -2.30. The fourth-order valence-corrected chi connectivity index (χ4v) is 4.70. The van der Waals surface area contributed by atoms with Gasteiger partial charge in [0.25, 0.3) is 0 Å². The highest BCUT2D eigenvalue weighted by molar-refractivity contribution is 7.98. The largest absolute Gasteiger partial charge is 0.341 e. The summed E-state index contributed by atoms with van der Waals surface area (Å²) in [6.07, 6.45) is 4.37.